The lowest BCUT2D eigenvalue weighted by molar-refractivity contribution is -0.383. The number of hydrogen-bond donors (Lipinski definition) is 1. The van der Waals surface area contributed by atoms with Gasteiger partial charge in [0.15, 0.2) is 0 Å². The molecule has 0 spiro atoms. The summed E-state index contributed by atoms with van der Waals surface area (Å²) in [6.45, 7) is 1.35. The molecule has 172 valence electrons. The van der Waals surface area contributed by atoms with Crippen molar-refractivity contribution in [3.8, 4) is 0 Å². The van der Waals surface area contributed by atoms with E-state index in [4.69, 9.17) is 0 Å². The number of nitrogens with zero attached hydrogens (tertiary/aromatic N) is 5. The van der Waals surface area contributed by atoms with Gasteiger partial charge < -0.3 is 15.1 Å². The summed E-state index contributed by atoms with van der Waals surface area (Å²) in [6, 6.07) is 11.0. The Morgan fingerprint density at radius 2 is 1.58 bits per heavy atom. The van der Waals surface area contributed by atoms with E-state index in [0.29, 0.717) is 31.9 Å². The van der Waals surface area contributed by atoms with Crippen molar-refractivity contribution in [1.82, 2.24) is 9.97 Å². The number of halogens is 4. The van der Waals surface area contributed by atoms with Gasteiger partial charge in [0.25, 0.3) is 0 Å². The molecule has 0 bridgehead atoms. The van der Waals surface area contributed by atoms with E-state index in [1.807, 2.05) is 4.90 Å². The van der Waals surface area contributed by atoms with Gasteiger partial charge in [-0.2, -0.15) is 13.2 Å². The Hall–Kier alpha value is -3.96. The molecule has 0 radical (unpaired) electrons. The molecular weight excluding hydrogens is 444 g/mol. The predicted molar refractivity (Wildman–Crippen MR) is 114 cm³/mol. The lowest BCUT2D eigenvalue weighted by Gasteiger charge is -2.36. The number of benzene rings is 2. The third-order valence-corrected chi connectivity index (χ3v) is 5.24. The molecule has 1 aromatic heterocycles. The molecule has 0 amide bonds. The van der Waals surface area contributed by atoms with Crippen molar-refractivity contribution in [3.05, 3.63) is 76.4 Å². The van der Waals surface area contributed by atoms with Crippen LogP contribution < -0.4 is 15.1 Å². The molecule has 1 aliphatic heterocycles. The van der Waals surface area contributed by atoms with Gasteiger partial charge >= 0.3 is 11.9 Å². The Labute approximate surface area is 185 Å². The highest BCUT2D eigenvalue weighted by Crippen LogP contribution is 2.39. The topological polar surface area (TPSA) is 87.4 Å². The Kier molecular flexibility index (Phi) is 5.99. The normalized spacial score (nSPS) is 14.3. The molecule has 1 saturated heterocycles. The van der Waals surface area contributed by atoms with Gasteiger partial charge in [-0.1, -0.05) is 24.3 Å². The molecule has 1 N–H and O–H groups in total. The van der Waals surface area contributed by atoms with Gasteiger partial charge in [0, 0.05) is 26.2 Å². The number of alkyl halides is 3. The van der Waals surface area contributed by atoms with Crippen molar-refractivity contribution < 1.29 is 22.5 Å². The third kappa shape index (κ3) is 4.64. The predicted octanol–water partition coefficient (Wildman–Crippen LogP) is 4.61. The Morgan fingerprint density at radius 1 is 0.939 bits per heavy atom. The second kappa shape index (κ2) is 8.88. The summed E-state index contributed by atoms with van der Waals surface area (Å²) in [6.07, 6.45) is -3.60. The van der Waals surface area contributed by atoms with E-state index in [1.54, 1.807) is 23.1 Å². The largest absolute Gasteiger partial charge is 0.418 e. The first-order valence-electron chi connectivity index (χ1n) is 9.93. The molecule has 0 aliphatic carbocycles. The van der Waals surface area contributed by atoms with E-state index in [0.717, 1.165) is 12.4 Å². The first-order chi connectivity index (χ1) is 15.8. The molecule has 1 fully saturated rings. The average Bonchev–Trinajstić information content (AvgIpc) is 2.79. The molecule has 3 aromatic rings. The zero-order valence-electron chi connectivity index (χ0n) is 17.1. The van der Waals surface area contributed by atoms with Crippen molar-refractivity contribution in [2.75, 3.05) is 41.3 Å². The van der Waals surface area contributed by atoms with Crippen LogP contribution in [-0.2, 0) is 6.18 Å². The van der Waals surface area contributed by atoms with Crippen LogP contribution in [0.15, 0.2) is 54.9 Å². The van der Waals surface area contributed by atoms with Crippen LogP contribution in [0.2, 0.25) is 0 Å². The third-order valence-electron chi connectivity index (χ3n) is 5.24. The molecule has 33 heavy (non-hydrogen) atoms. The van der Waals surface area contributed by atoms with Crippen LogP contribution in [0, 0.1) is 15.9 Å². The zero-order valence-corrected chi connectivity index (χ0v) is 17.1. The lowest BCUT2D eigenvalue weighted by Crippen LogP contribution is -2.47. The monoisotopic (exact) mass is 462 g/mol. The summed E-state index contributed by atoms with van der Waals surface area (Å²) in [4.78, 5) is 22.5. The smallest absolute Gasteiger partial charge is 0.366 e. The maximum absolute atomic E-state index is 14.1. The lowest BCUT2D eigenvalue weighted by atomic mass is 10.1. The summed E-state index contributed by atoms with van der Waals surface area (Å²) in [5.74, 6) is -0.734. The molecule has 4 rings (SSSR count). The second-order valence-electron chi connectivity index (χ2n) is 7.25. The number of nitrogens with one attached hydrogen (secondary N) is 1. The van der Waals surface area contributed by atoms with Crippen LogP contribution in [0.25, 0.3) is 0 Å². The first kappa shape index (κ1) is 22.2. The number of piperazine rings is 1. The van der Waals surface area contributed by atoms with Crippen molar-refractivity contribution in [2.45, 2.75) is 6.18 Å². The van der Waals surface area contributed by atoms with Crippen LogP contribution in [-0.4, -0.2) is 41.1 Å². The van der Waals surface area contributed by atoms with Gasteiger partial charge in [0.1, 0.15) is 12.1 Å². The Bertz CT molecular complexity index is 1170. The highest BCUT2D eigenvalue weighted by Gasteiger charge is 2.35. The van der Waals surface area contributed by atoms with E-state index in [9.17, 15) is 27.7 Å². The van der Waals surface area contributed by atoms with E-state index in [1.165, 1.54) is 24.3 Å². The summed E-state index contributed by atoms with van der Waals surface area (Å²) in [7, 11) is 0. The number of nitro groups is 1. The van der Waals surface area contributed by atoms with Crippen LogP contribution >= 0.6 is 0 Å². The Morgan fingerprint density at radius 3 is 2.24 bits per heavy atom. The zero-order chi connectivity index (χ0) is 23.6. The molecule has 0 atom stereocenters. The maximum Gasteiger partial charge on any atom is 0.418 e. The maximum atomic E-state index is 14.1. The van der Waals surface area contributed by atoms with E-state index in [-0.39, 0.29) is 23.1 Å². The van der Waals surface area contributed by atoms with Gasteiger partial charge in [0.05, 0.1) is 21.9 Å². The molecule has 2 heterocycles. The molecule has 0 saturated carbocycles. The number of rotatable bonds is 5. The standard InChI is InChI=1S/C21H18F4N6O2/c22-15-6-2-4-8-17(15)29-9-11-30(12-10-29)20-18(31(32)33)19(26-13-27-20)28-16-7-3-1-5-14(16)21(23,24)25/h1-8,13H,9-12H2,(H,26,27,28). The average molecular weight is 462 g/mol. The summed E-state index contributed by atoms with van der Waals surface area (Å²) in [5, 5.41) is 14.3. The van der Waals surface area contributed by atoms with Crippen molar-refractivity contribution in [1.29, 1.82) is 0 Å². The van der Waals surface area contributed by atoms with Gasteiger partial charge in [0.2, 0.25) is 11.6 Å². The second-order valence-corrected chi connectivity index (χ2v) is 7.25. The van der Waals surface area contributed by atoms with Crippen molar-refractivity contribution in [3.63, 3.8) is 0 Å². The van der Waals surface area contributed by atoms with Gasteiger partial charge in [-0.25, -0.2) is 14.4 Å². The van der Waals surface area contributed by atoms with E-state index in [2.05, 4.69) is 15.3 Å². The molecule has 1 aliphatic rings. The van der Waals surface area contributed by atoms with Crippen LogP contribution in [0.3, 0.4) is 0 Å². The van der Waals surface area contributed by atoms with Gasteiger partial charge in [-0.15, -0.1) is 0 Å². The SMILES string of the molecule is O=[N+]([O-])c1c(Nc2ccccc2C(F)(F)F)ncnc1N1CCN(c2ccccc2F)CC1. The number of aromatic nitrogens is 2. The number of hydrogen-bond acceptors (Lipinski definition) is 7. The van der Waals surface area contributed by atoms with Crippen LogP contribution in [0.5, 0.6) is 0 Å². The summed E-state index contributed by atoms with van der Waals surface area (Å²) < 4.78 is 54.1. The molecule has 0 unspecified atom stereocenters. The molecule has 12 heteroatoms. The summed E-state index contributed by atoms with van der Waals surface area (Å²) in [5.41, 5.74) is -1.44. The van der Waals surface area contributed by atoms with Crippen LogP contribution in [0.4, 0.5) is 46.3 Å². The first-order valence-corrected chi connectivity index (χ1v) is 9.93. The van der Waals surface area contributed by atoms with Crippen molar-refractivity contribution >= 4 is 28.7 Å². The van der Waals surface area contributed by atoms with Crippen LogP contribution in [0.1, 0.15) is 5.56 Å². The fraction of sp³-hybridized carbons (Fsp3) is 0.238. The van der Waals surface area contributed by atoms with Gasteiger partial charge in [-0.3, -0.25) is 10.1 Å². The minimum atomic E-state index is -4.66. The number of anilines is 4. The highest BCUT2D eigenvalue weighted by molar-refractivity contribution is 5.76. The Balaban J connectivity index is 1.61. The minimum Gasteiger partial charge on any atom is -0.366 e. The van der Waals surface area contributed by atoms with Crippen molar-refractivity contribution in [2.24, 2.45) is 0 Å². The molecular formula is C21H18F4N6O2. The fourth-order valence-electron chi connectivity index (χ4n) is 3.69. The summed E-state index contributed by atoms with van der Waals surface area (Å²) >= 11 is 0. The molecule has 2 aromatic carbocycles. The molecule has 8 nitrogen and oxygen atoms in total. The minimum absolute atomic E-state index is 0.0184. The van der Waals surface area contributed by atoms with Gasteiger partial charge in [-0.05, 0) is 24.3 Å². The number of para-hydroxylation sites is 2. The fourth-order valence-corrected chi connectivity index (χ4v) is 3.69. The van der Waals surface area contributed by atoms with E-state index < -0.39 is 22.4 Å². The quantitative estimate of drug-likeness (QED) is 0.337. The van der Waals surface area contributed by atoms with E-state index >= 15 is 0 Å². The highest BCUT2D eigenvalue weighted by atomic mass is 19.4.